The van der Waals surface area contributed by atoms with Crippen molar-refractivity contribution in [1.82, 2.24) is 14.8 Å². The predicted molar refractivity (Wildman–Crippen MR) is 106 cm³/mol. The van der Waals surface area contributed by atoms with Gasteiger partial charge in [0.15, 0.2) is 0 Å². The molecule has 7 nitrogen and oxygen atoms in total. The minimum absolute atomic E-state index is 0.228. The second-order valence-corrected chi connectivity index (χ2v) is 7.53. The molecule has 2 atom stereocenters. The molecule has 2 unspecified atom stereocenters. The highest BCUT2D eigenvalue weighted by Crippen LogP contribution is 2.41. The zero-order valence-electron chi connectivity index (χ0n) is 15.2. The molecule has 1 aliphatic rings. The minimum atomic E-state index is -1.20. The summed E-state index contributed by atoms with van der Waals surface area (Å²) in [5.41, 5.74) is 1.54. The van der Waals surface area contributed by atoms with E-state index >= 15 is 0 Å². The molecule has 9 heteroatoms. The summed E-state index contributed by atoms with van der Waals surface area (Å²) in [5, 5.41) is 14.5. The zero-order valence-corrected chi connectivity index (χ0v) is 16.7. The molecule has 0 aliphatic carbocycles. The molecular formula is C20H17Cl2N3O4. The Morgan fingerprint density at radius 3 is 2.83 bits per heavy atom. The van der Waals surface area contributed by atoms with Gasteiger partial charge in [0.1, 0.15) is 19.2 Å². The van der Waals surface area contributed by atoms with E-state index < -0.39 is 11.8 Å². The Morgan fingerprint density at radius 2 is 2.10 bits per heavy atom. The lowest BCUT2D eigenvalue weighted by Gasteiger charge is -2.29. The van der Waals surface area contributed by atoms with Crippen LogP contribution in [0.1, 0.15) is 21.5 Å². The van der Waals surface area contributed by atoms with Gasteiger partial charge in [-0.15, -0.1) is 0 Å². The van der Waals surface area contributed by atoms with Crippen LogP contribution < -0.4 is 0 Å². The molecule has 0 saturated carbocycles. The standard InChI is InChI=1S/C20H17Cl2N3O4/c21-14-5-6-17(18(22)8-14)20(10-25-12-23-11-24-25)28-9-15(29-20)7-13-3-1-2-4-16(13)19(26)27/h1-6,8,11-12,15H,7,9-10H2,(H,26,27). The van der Waals surface area contributed by atoms with Crippen molar-refractivity contribution in [1.29, 1.82) is 0 Å². The highest BCUT2D eigenvalue weighted by atomic mass is 35.5. The minimum Gasteiger partial charge on any atom is -0.478 e. The lowest BCUT2D eigenvalue weighted by atomic mass is 10.0. The monoisotopic (exact) mass is 433 g/mol. The van der Waals surface area contributed by atoms with Crippen LogP contribution in [0.4, 0.5) is 0 Å². The number of aromatic carboxylic acids is 1. The van der Waals surface area contributed by atoms with E-state index in [2.05, 4.69) is 10.1 Å². The lowest BCUT2D eigenvalue weighted by Crippen LogP contribution is -2.34. The van der Waals surface area contributed by atoms with Crippen LogP contribution in [0, 0.1) is 0 Å². The van der Waals surface area contributed by atoms with Gasteiger partial charge in [-0.1, -0.05) is 47.5 Å². The van der Waals surface area contributed by atoms with Crippen molar-refractivity contribution in [2.75, 3.05) is 6.61 Å². The smallest absolute Gasteiger partial charge is 0.335 e. The quantitative estimate of drug-likeness (QED) is 0.636. The van der Waals surface area contributed by atoms with Gasteiger partial charge < -0.3 is 14.6 Å². The Hall–Kier alpha value is -2.45. The third-order valence-corrected chi connectivity index (χ3v) is 5.28. The molecule has 4 rings (SSSR count). The van der Waals surface area contributed by atoms with Crippen LogP contribution in [0.3, 0.4) is 0 Å². The number of nitrogens with zero attached hydrogens (tertiary/aromatic N) is 3. The molecule has 0 spiro atoms. The van der Waals surface area contributed by atoms with Crippen LogP contribution in [-0.4, -0.2) is 38.6 Å². The third-order valence-electron chi connectivity index (χ3n) is 4.73. The molecular weight excluding hydrogens is 417 g/mol. The van der Waals surface area contributed by atoms with E-state index in [1.54, 1.807) is 53.5 Å². The first-order chi connectivity index (χ1) is 14.0. The van der Waals surface area contributed by atoms with Gasteiger partial charge in [-0.25, -0.2) is 14.5 Å². The second-order valence-electron chi connectivity index (χ2n) is 6.69. The maximum absolute atomic E-state index is 11.5. The molecule has 1 N–H and O–H groups in total. The van der Waals surface area contributed by atoms with Crippen molar-refractivity contribution in [3.63, 3.8) is 0 Å². The second kappa shape index (κ2) is 8.12. The number of hydrogen-bond donors (Lipinski definition) is 1. The number of ether oxygens (including phenoxy) is 2. The Morgan fingerprint density at radius 1 is 1.28 bits per heavy atom. The van der Waals surface area contributed by atoms with Gasteiger partial charge in [-0.05, 0) is 23.8 Å². The molecule has 3 aromatic rings. The number of halogens is 2. The van der Waals surface area contributed by atoms with E-state index in [0.717, 1.165) is 0 Å². The molecule has 1 aliphatic heterocycles. The van der Waals surface area contributed by atoms with Crippen molar-refractivity contribution in [2.24, 2.45) is 0 Å². The molecule has 0 radical (unpaired) electrons. The lowest BCUT2D eigenvalue weighted by molar-refractivity contribution is -0.188. The number of benzene rings is 2. The summed E-state index contributed by atoms with van der Waals surface area (Å²) >= 11 is 12.5. The highest BCUT2D eigenvalue weighted by molar-refractivity contribution is 6.35. The van der Waals surface area contributed by atoms with E-state index in [9.17, 15) is 9.90 Å². The number of carboxylic acid groups (broad SMARTS) is 1. The van der Waals surface area contributed by atoms with Gasteiger partial charge in [0.25, 0.3) is 0 Å². The Balaban J connectivity index is 1.65. The first kappa shape index (κ1) is 19.8. The molecule has 2 aromatic carbocycles. The summed E-state index contributed by atoms with van der Waals surface area (Å²) in [7, 11) is 0. The highest BCUT2D eigenvalue weighted by Gasteiger charge is 2.45. The van der Waals surface area contributed by atoms with E-state index in [0.29, 0.717) is 27.6 Å². The molecule has 2 heterocycles. The van der Waals surface area contributed by atoms with Gasteiger partial charge in [0.05, 0.1) is 23.3 Å². The van der Waals surface area contributed by atoms with E-state index in [-0.39, 0.29) is 24.8 Å². The van der Waals surface area contributed by atoms with Gasteiger partial charge in [0, 0.05) is 17.0 Å². The fraction of sp³-hybridized carbons (Fsp3) is 0.250. The topological polar surface area (TPSA) is 86.5 Å². The average molecular weight is 434 g/mol. The van der Waals surface area contributed by atoms with Crippen LogP contribution >= 0.6 is 23.2 Å². The van der Waals surface area contributed by atoms with Crippen molar-refractivity contribution in [2.45, 2.75) is 24.9 Å². The van der Waals surface area contributed by atoms with Gasteiger partial charge in [0.2, 0.25) is 5.79 Å². The summed E-state index contributed by atoms with van der Waals surface area (Å²) in [6.45, 7) is 0.493. The van der Waals surface area contributed by atoms with Crippen LogP contribution in [0.25, 0.3) is 0 Å². The van der Waals surface area contributed by atoms with Crippen LogP contribution in [0.15, 0.2) is 55.1 Å². The van der Waals surface area contributed by atoms with Gasteiger partial charge >= 0.3 is 5.97 Å². The Labute approximate surface area is 176 Å². The molecule has 29 heavy (non-hydrogen) atoms. The summed E-state index contributed by atoms with van der Waals surface area (Å²) in [6.07, 6.45) is 3.00. The predicted octanol–water partition coefficient (Wildman–Crippen LogP) is 3.79. The Bertz CT molecular complexity index is 1030. The molecule has 1 saturated heterocycles. The number of carboxylic acids is 1. The van der Waals surface area contributed by atoms with Gasteiger partial charge in [-0.3, -0.25) is 0 Å². The maximum Gasteiger partial charge on any atom is 0.335 e. The van der Waals surface area contributed by atoms with E-state index in [1.807, 2.05) is 0 Å². The molecule has 0 amide bonds. The van der Waals surface area contributed by atoms with Crippen LogP contribution in [0.5, 0.6) is 0 Å². The van der Waals surface area contributed by atoms with Crippen LogP contribution in [-0.2, 0) is 28.2 Å². The van der Waals surface area contributed by atoms with Crippen molar-refractivity contribution in [3.8, 4) is 0 Å². The number of aromatic nitrogens is 3. The number of rotatable bonds is 6. The normalized spacial score (nSPS) is 21.4. The maximum atomic E-state index is 11.5. The van der Waals surface area contributed by atoms with Crippen LogP contribution in [0.2, 0.25) is 10.0 Å². The zero-order chi connectivity index (χ0) is 20.4. The van der Waals surface area contributed by atoms with E-state index in [1.165, 1.54) is 6.33 Å². The van der Waals surface area contributed by atoms with Crippen molar-refractivity contribution < 1.29 is 19.4 Å². The largest absolute Gasteiger partial charge is 0.478 e. The van der Waals surface area contributed by atoms with Gasteiger partial charge in [-0.2, -0.15) is 5.10 Å². The average Bonchev–Trinajstić information content (AvgIpc) is 3.33. The number of hydrogen-bond acceptors (Lipinski definition) is 5. The summed E-state index contributed by atoms with van der Waals surface area (Å²) < 4.78 is 14.1. The molecule has 1 fully saturated rings. The summed E-state index contributed by atoms with van der Waals surface area (Å²) in [5.74, 6) is -2.17. The molecule has 150 valence electrons. The fourth-order valence-electron chi connectivity index (χ4n) is 3.45. The molecule has 0 bridgehead atoms. The first-order valence-corrected chi connectivity index (χ1v) is 9.63. The molecule has 1 aromatic heterocycles. The summed E-state index contributed by atoms with van der Waals surface area (Å²) in [6, 6.07) is 11.9. The third kappa shape index (κ3) is 4.13. The SMILES string of the molecule is O=C(O)c1ccccc1CC1COC(Cn2cncn2)(c2ccc(Cl)cc2Cl)O1. The van der Waals surface area contributed by atoms with E-state index in [4.69, 9.17) is 32.7 Å². The Kier molecular flexibility index (Phi) is 5.56. The first-order valence-electron chi connectivity index (χ1n) is 8.88. The number of carbonyl (C=O) groups is 1. The summed E-state index contributed by atoms with van der Waals surface area (Å²) in [4.78, 5) is 15.5. The van der Waals surface area contributed by atoms with Crippen molar-refractivity contribution >= 4 is 29.2 Å². The van der Waals surface area contributed by atoms with Crippen molar-refractivity contribution in [3.05, 3.63) is 81.9 Å². The fourth-order valence-corrected chi connectivity index (χ4v) is 4.01.